The lowest BCUT2D eigenvalue weighted by Crippen LogP contribution is -2.26. The van der Waals surface area contributed by atoms with E-state index >= 15 is 0 Å². The third-order valence-electron chi connectivity index (χ3n) is 3.60. The molecule has 0 saturated heterocycles. The van der Waals surface area contributed by atoms with E-state index < -0.39 is 11.5 Å². The van der Waals surface area contributed by atoms with Crippen LogP contribution in [0.15, 0.2) is 23.0 Å². The molecule has 0 radical (unpaired) electrons. The predicted octanol–water partition coefficient (Wildman–Crippen LogP) is 3.18. The highest BCUT2D eigenvalue weighted by atomic mass is 16.3. The molecule has 1 atom stereocenters. The first-order valence-corrected chi connectivity index (χ1v) is 5.90. The fourth-order valence-corrected chi connectivity index (χ4v) is 2.56. The zero-order valence-corrected chi connectivity index (χ0v) is 9.35. The molecule has 0 aromatic carbocycles. The van der Waals surface area contributed by atoms with Crippen molar-refractivity contribution in [2.24, 2.45) is 5.41 Å². The van der Waals surface area contributed by atoms with Crippen LogP contribution in [-0.2, 0) is 0 Å². The van der Waals surface area contributed by atoms with Gasteiger partial charge < -0.3 is 9.52 Å². The number of rotatable bonds is 2. The highest BCUT2D eigenvalue weighted by molar-refractivity contribution is 5.18. The Morgan fingerprint density at radius 1 is 1.31 bits per heavy atom. The van der Waals surface area contributed by atoms with Crippen LogP contribution < -0.4 is 0 Å². The Morgan fingerprint density at radius 2 is 2.00 bits per heavy atom. The Hall–Kier alpha value is -1.27. The molecule has 0 bridgehead atoms. The maximum atomic E-state index is 10.3. The first kappa shape index (κ1) is 11.2. The molecule has 2 rings (SSSR count). The fraction of sp³-hybridized carbons (Fsp3) is 0.615. The number of hydrogen-bond donors (Lipinski definition) is 1. The molecule has 1 aliphatic carbocycles. The fourth-order valence-electron chi connectivity index (χ4n) is 2.56. The molecule has 1 aliphatic rings. The van der Waals surface area contributed by atoms with Gasteiger partial charge in [0.05, 0.1) is 24.0 Å². The molecule has 1 unspecified atom stereocenters. The van der Waals surface area contributed by atoms with Gasteiger partial charge in [-0.3, -0.25) is 0 Å². The average Bonchev–Trinajstić information content (AvgIpc) is 2.73. The van der Waals surface area contributed by atoms with Crippen LogP contribution in [-0.4, -0.2) is 5.11 Å². The molecule has 16 heavy (non-hydrogen) atoms. The van der Waals surface area contributed by atoms with Gasteiger partial charge in [0.1, 0.15) is 6.10 Å². The summed E-state index contributed by atoms with van der Waals surface area (Å²) in [6.45, 7) is 0. The summed E-state index contributed by atoms with van der Waals surface area (Å²) in [7, 11) is 0. The molecular weight excluding hydrogens is 202 g/mol. The van der Waals surface area contributed by atoms with E-state index in [0.29, 0.717) is 0 Å². The van der Waals surface area contributed by atoms with Crippen molar-refractivity contribution in [2.45, 2.75) is 44.6 Å². The molecule has 86 valence electrons. The molecule has 3 heteroatoms. The van der Waals surface area contributed by atoms with Crippen LogP contribution >= 0.6 is 0 Å². The normalized spacial score (nSPS) is 22.0. The maximum Gasteiger partial charge on any atom is 0.101 e. The maximum absolute atomic E-state index is 10.3. The van der Waals surface area contributed by atoms with Gasteiger partial charge in [-0.25, -0.2) is 0 Å². The first-order chi connectivity index (χ1) is 7.78. The highest BCUT2D eigenvalue weighted by Crippen LogP contribution is 2.44. The third-order valence-corrected chi connectivity index (χ3v) is 3.60. The minimum atomic E-state index is -0.714. The van der Waals surface area contributed by atoms with Crippen molar-refractivity contribution in [3.05, 3.63) is 24.2 Å². The molecule has 0 spiro atoms. The smallest absolute Gasteiger partial charge is 0.101 e. The standard InChI is InChI=1S/C13H17NO2/c14-10-13(6-3-1-2-4-7-13)12(15)11-5-8-16-9-11/h5,8-9,12,15H,1-4,6-7H2. The van der Waals surface area contributed by atoms with Crippen LogP contribution in [0.1, 0.15) is 50.2 Å². The van der Waals surface area contributed by atoms with Gasteiger partial charge in [0.15, 0.2) is 0 Å². The van der Waals surface area contributed by atoms with Crippen molar-refractivity contribution in [3.8, 4) is 6.07 Å². The molecule has 3 nitrogen and oxygen atoms in total. The molecule has 1 aromatic heterocycles. The summed E-state index contributed by atoms with van der Waals surface area (Å²) < 4.78 is 4.98. The Balaban J connectivity index is 2.23. The van der Waals surface area contributed by atoms with Crippen molar-refractivity contribution in [1.82, 2.24) is 0 Å². The number of aliphatic hydroxyl groups is 1. The summed E-state index contributed by atoms with van der Waals surface area (Å²) in [5, 5.41) is 19.7. The molecule has 1 heterocycles. The van der Waals surface area contributed by atoms with Crippen LogP contribution in [0.3, 0.4) is 0 Å². The zero-order chi connectivity index (χ0) is 11.4. The lowest BCUT2D eigenvalue weighted by Gasteiger charge is -2.29. The molecule has 1 N–H and O–H groups in total. The molecule has 1 aromatic rings. The monoisotopic (exact) mass is 219 g/mol. The second-order valence-corrected chi connectivity index (χ2v) is 4.64. The van der Waals surface area contributed by atoms with E-state index in [9.17, 15) is 10.4 Å². The second kappa shape index (κ2) is 4.71. The van der Waals surface area contributed by atoms with Crippen molar-refractivity contribution in [3.63, 3.8) is 0 Å². The molecule has 0 aliphatic heterocycles. The Labute approximate surface area is 95.7 Å². The summed E-state index contributed by atoms with van der Waals surface area (Å²) in [4.78, 5) is 0. The minimum Gasteiger partial charge on any atom is -0.472 e. The van der Waals surface area contributed by atoms with Gasteiger partial charge in [-0.15, -0.1) is 0 Å². The van der Waals surface area contributed by atoms with E-state index in [1.54, 1.807) is 12.3 Å². The summed E-state index contributed by atoms with van der Waals surface area (Å²) in [6.07, 6.45) is 8.34. The van der Waals surface area contributed by atoms with E-state index in [2.05, 4.69) is 6.07 Å². The summed E-state index contributed by atoms with van der Waals surface area (Å²) in [5.41, 5.74) is 0.115. The summed E-state index contributed by atoms with van der Waals surface area (Å²) in [6, 6.07) is 4.10. The molecule has 0 amide bonds. The van der Waals surface area contributed by atoms with E-state index in [4.69, 9.17) is 4.42 Å². The zero-order valence-electron chi connectivity index (χ0n) is 9.35. The molecule has 1 fully saturated rings. The SMILES string of the molecule is N#CC1(C(O)c2ccoc2)CCCCCC1. The van der Waals surface area contributed by atoms with Crippen LogP contribution in [0.4, 0.5) is 0 Å². The quantitative estimate of drug-likeness (QED) is 0.777. The van der Waals surface area contributed by atoms with E-state index in [-0.39, 0.29) is 0 Å². The van der Waals surface area contributed by atoms with Crippen LogP contribution in [0.2, 0.25) is 0 Å². The van der Waals surface area contributed by atoms with Gasteiger partial charge in [0.2, 0.25) is 0 Å². The third kappa shape index (κ3) is 1.98. The number of nitrogens with zero attached hydrogens (tertiary/aromatic N) is 1. The van der Waals surface area contributed by atoms with Gasteiger partial charge >= 0.3 is 0 Å². The molecular formula is C13H17NO2. The average molecular weight is 219 g/mol. The highest BCUT2D eigenvalue weighted by Gasteiger charge is 2.39. The minimum absolute atomic E-state index is 0.611. The number of nitriles is 1. The van der Waals surface area contributed by atoms with Gasteiger partial charge in [-0.05, 0) is 18.9 Å². The Bertz CT molecular complexity index is 356. The predicted molar refractivity (Wildman–Crippen MR) is 59.4 cm³/mol. The van der Waals surface area contributed by atoms with Gasteiger partial charge in [-0.1, -0.05) is 25.7 Å². The van der Waals surface area contributed by atoms with Crippen molar-refractivity contribution < 1.29 is 9.52 Å². The summed E-state index contributed by atoms with van der Waals surface area (Å²) >= 11 is 0. The lowest BCUT2D eigenvalue weighted by atomic mass is 9.75. The van der Waals surface area contributed by atoms with Crippen molar-refractivity contribution in [2.75, 3.05) is 0 Å². The number of hydrogen-bond acceptors (Lipinski definition) is 3. The van der Waals surface area contributed by atoms with Crippen LogP contribution in [0.25, 0.3) is 0 Å². The lowest BCUT2D eigenvalue weighted by molar-refractivity contribution is 0.0511. The first-order valence-electron chi connectivity index (χ1n) is 5.90. The number of aliphatic hydroxyl groups excluding tert-OH is 1. The van der Waals surface area contributed by atoms with E-state index in [0.717, 1.165) is 31.2 Å². The largest absolute Gasteiger partial charge is 0.472 e. The van der Waals surface area contributed by atoms with Crippen molar-refractivity contribution in [1.29, 1.82) is 5.26 Å². The second-order valence-electron chi connectivity index (χ2n) is 4.64. The molecule has 1 saturated carbocycles. The van der Waals surface area contributed by atoms with E-state index in [1.807, 2.05) is 0 Å². The van der Waals surface area contributed by atoms with Gasteiger partial charge in [-0.2, -0.15) is 5.26 Å². The van der Waals surface area contributed by atoms with Gasteiger partial charge in [0, 0.05) is 5.56 Å². The van der Waals surface area contributed by atoms with E-state index in [1.165, 1.54) is 19.1 Å². The van der Waals surface area contributed by atoms with Crippen LogP contribution in [0.5, 0.6) is 0 Å². The Morgan fingerprint density at radius 3 is 2.50 bits per heavy atom. The summed E-state index contributed by atoms with van der Waals surface area (Å²) in [5.74, 6) is 0. The topological polar surface area (TPSA) is 57.2 Å². The van der Waals surface area contributed by atoms with Crippen molar-refractivity contribution >= 4 is 0 Å². The van der Waals surface area contributed by atoms with Crippen LogP contribution in [0, 0.1) is 16.7 Å². The number of furan rings is 1. The Kier molecular flexibility index (Phi) is 3.31. The van der Waals surface area contributed by atoms with Gasteiger partial charge in [0.25, 0.3) is 0 Å².